The maximum atomic E-state index is 4.84. The highest BCUT2D eigenvalue weighted by Crippen LogP contribution is 2.33. The van der Waals surface area contributed by atoms with Crippen LogP contribution in [0, 0.1) is 0 Å². The second-order valence-corrected chi connectivity index (χ2v) is 7.51. The van der Waals surface area contributed by atoms with E-state index < -0.39 is 0 Å². The van der Waals surface area contributed by atoms with Gasteiger partial charge in [0.25, 0.3) is 0 Å². The summed E-state index contributed by atoms with van der Waals surface area (Å²) in [5, 5.41) is 5.36. The summed E-state index contributed by atoms with van der Waals surface area (Å²) in [4.78, 5) is 11.8. The van der Waals surface area contributed by atoms with Gasteiger partial charge in [0, 0.05) is 36.9 Å². The Bertz CT molecular complexity index is 1100. The lowest BCUT2D eigenvalue weighted by atomic mass is 10.1. The molecule has 0 amide bonds. The number of hydrogen-bond acceptors (Lipinski definition) is 4. The van der Waals surface area contributed by atoms with E-state index in [1.54, 1.807) is 0 Å². The van der Waals surface area contributed by atoms with Crippen molar-refractivity contribution in [2.45, 2.75) is 25.4 Å². The fourth-order valence-corrected chi connectivity index (χ4v) is 4.11. The quantitative estimate of drug-likeness (QED) is 0.536. The summed E-state index contributed by atoms with van der Waals surface area (Å²) in [5.74, 6) is 0. The zero-order valence-corrected chi connectivity index (χ0v) is 16.0. The van der Waals surface area contributed by atoms with Crippen LogP contribution in [0.5, 0.6) is 0 Å². The van der Waals surface area contributed by atoms with Crippen molar-refractivity contribution in [1.29, 1.82) is 0 Å². The highest BCUT2D eigenvalue weighted by Gasteiger charge is 2.27. The monoisotopic (exact) mass is 369 g/mol. The van der Waals surface area contributed by atoms with Crippen LogP contribution in [0.4, 0.5) is 0 Å². The van der Waals surface area contributed by atoms with E-state index in [1.165, 1.54) is 17.5 Å². The van der Waals surface area contributed by atoms with Crippen molar-refractivity contribution in [3.8, 4) is 11.1 Å². The Morgan fingerprint density at radius 2 is 1.93 bits per heavy atom. The van der Waals surface area contributed by atoms with E-state index in [0.717, 1.165) is 41.8 Å². The normalized spacial score (nSPS) is 17.4. The second kappa shape index (κ2) is 7.17. The van der Waals surface area contributed by atoms with Gasteiger partial charge in [-0.05, 0) is 54.8 Å². The van der Waals surface area contributed by atoms with Crippen molar-refractivity contribution in [2.24, 2.45) is 7.05 Å². The fourth-order valence-electron chi connectivity index (χ4n) is 4.11. The van der Waals surface area contributed by atoms with Crippen molar-refractivity contribution < 1.29 is 0 Å². The summed E-state index contributed by atoms with van der Waals surface area (Å²) in [5.41, 5.74) is 5.67. The summed E-state index contributed by atoms with van der Waals surface area (Å²) in [7, 11) is 1.95. The minimum atomic E-state index is 0.365. The molecule has 1 aliphatic heterocycles. The molecule has 0 spiro atoms. The molecule has 0 N–H and O–H groups in total. The lowest BCUT2D eigenvalue weighted by Gasteiger charge is -2.24. The molecular weight excluding hydrogens is 346 g/mol. The average Bonchev–Trinajstić information content (AvgIpc) is 3.37. The zero-order valence-electron chi connectivity index (χ0n) is 16.0. The first kappa shape index (κ1) is 17.1. The van der Waals surface area contributed by atoms with Crippen LogP contribution in [-0.4, -0.2) is 31.2 Å². The van der Waals surface area contributed by atoms with E-state index in [9.17, 15) is 0 Å². The topological polar surface area (TPSA) is 46.8 Å². The lowest BCUT2D eigenvalue weighted by Crippen LogP contribution is -2.23. The molecular formula is C23H23N5. The number of aryl methyl sites for hydroxylation is 1. The molecule has 4 aromatic rings. The molecule has 0 bridgehead atoms. The summed E-state index contributed by atoms with van der Waals surface area (Å²) < 4.78 is 1.84. The summed E-state index contributed by atoms with van der Waals surface area (Å²) in [6, 6.07) is 17.5. The Labute approximate surface area is 164 Å². The van der Waals surface area contributed by atoms with Crippen LogP contribution in [0.2, 0.25) is 0 Å². The van der Waals surface area contributed by atoms with E-state index in [-0.39, 0.29) is 0 Å². The number of aromatic nitrogens is 4. The van der Waals surface area contributed by atoms with Crippen LogP contribution < -0.4 is 0 Å². The predicted octanol–water partition coefficient (Wildman–Crippen LogP) is 4.37. The van der Waals surface area contributed by atoms with Crippen LogP contribution >= 0.6 is 0 Å². The van der Waals surface area contributed by atoms with E-state index in [1.807, 2.05) is 36.4 Å². The van der Waals surface area contributed by atoms with Gasteiger partial charge in [0.05, 0.1) is 17.9 Å². The van der Waals surface area contributed by atoms with Gasteiger partial charge in [-0.2, -0.15) is 5.10 Å². The Morgan fingerprint density at radius 3 is 2.75 bits per heavy atom. The zero-order chi connectivity index (χ0) is 18.9. The fraction of sp³-hybridized carbons (Fsp3) is 0.261. The molecule has 1 aromatic carbocycles. The van der Waals surface area contributed by atoms with E-state index in [2.05, 4.69) is 57.4 Å². The molecule has 0 unspecified atom stereocenters. The number of benzene rings is 1. The first-order valence-corrected chi connectivity index (χ1v) is 9.80. The van der Waals surface area contributed by atoms with Crippen molar-refractivity contribution in [3.63, 3.8) is 0 Å². The molecule has 5 nitrogen and oxygen atoms in total. The third kappa shape index (κ3) is 3.29. The Balaban J connectivity index is 1.35. The molecule has 0 aliphatic carbocycles. The van der Waals surface area contributed by atoms with Gasteiger partial charge in [-0.15, -0.1) is 0 Å². The summed E-state index contributed by atoms with van der Waals surface area (Å²) in [6.45, 7) is 2.05. The number of hydrogen-bond donors (Lipinski definition) is 0. The molecule has 1 aliphatic rings. The number of nitrogens with zero attached hydrogens (tertiary/aromatic N) is 5. The number of likely N-dealkylation sites (tertiary alicyclic amines) is 1. The molecule has 1 saturated heterocycles. The van der Waals surface area contributed by atoms with E-state index in [0.29, 0.717) is 6.04 Å². The molecule has 3 aromatic heterocycles. The number of pyridine rings is 2. The van der Waals surface area contributed by atoms with Gasteiger partial charge in [-0.1, -0.05) is 24.3 Å². The van der Waals surface area contributed by atoms with Gasteiger partial charge in [0.2, 0.25) is 0 Å². The molecule has 5 heteroatoms. The molecule has 28 heavy (non-hydrogen) atoms. The largest absolute Gasteiger partial charge is 0.291 e. The van der Waals surface area contributed by atoms with Gasteiger partial charge >= 0.3 is 0 Å². The summed E-state index contributed by atoms with van der Waals surface area (Å²) >= 11 is 0. The lowest BCUT2D eigenvalue weighted by molar-refractivity contribution is 0.245. The van der Waals surface area contributed by atoms with E-state index >= 15 is 0 Å². The van der Waals surface area contributed by atoms with Crippen molar-refractivity contribution in [1.82, 2.24) is 24.6 Å². The van der Waals surface area contributed by atoms with Crippen LogP contribution in [0.3, 0.4) is 0 Å². The Kier molecular flexibility index (Phi) is 4.37. The van der Waals surface area contributed by atoms with Crippen LogP contribution in [-0.2, 0) is 13.6 Å². The SMILES string of the molecule is Cn1cc(-c2ccc(CN3CCC[C@@H]3c3ccc4cccnc4n3)cc2)cn1. The Hall–Kier alpha value is -3.05. The molecule has 5 rings (SSSR count). The van der Waals surface area contributed by atoms with Crippen LogP contribution in [0.15, 0.2) is 67.1 Å². The number of rotatable bonds is 4. The highest BCUT2D eigenvalue weighted by atomic mass is 15.2. The second-order valence-electron chi connectivity index (χ2n) is 7.51. The maximum absolute atomic E-state index is 4.84. The molecule has 1 fully saturated rings. The van der Waals surface area contributed by atoms with Crippen molar-refractivity contribution >= 4 is 11.0 Å². The van der Waals surface area contributed by atoms with Gasteiger partial charge < -0.3 is 0 Å². The van der Waals surface area contributed by atoms with Gasteiger partial charge in [-0.3, -0.25) is 9.58 Å². The third-order valence-electron chi connectivity index (χ3n) is 5.57. The minimum absolute atomic E-state index is 0.365. The average molecular weight is 369 g/mol. The van der Waals surface area contributed by atoms with Crippen molar-refractivity contribution in [2.75, 3.05) is 6.54 Å². The molecule has 1 atom stereocenters. The first-order chi connectivity index (χ1) is 13.8. The van der Waals surface area contributed by atoms with E-state index in [4.69, 9.17) is 4.98 Å². The van der Waals surface area contributed by atoms with Crippen LogP contribution in [0.1, 0.15) is 30.1 Å². The van der Waals surface area contributed by atoms with Gasteiger partial charge in [0.15, 0.2) is 5.65 Å². The third-order valence-corrected chi connectivity index (χ3v) is 5.57. The maximum Gasteiger partial charge on any atom is 0.159 e. The first-order valence-electron chi connectivity index (χ1n) is 9.80. The predicted molar refractivity (Wildman–Crippen MR) is 111 cm³/mol. The summed E-state index contributed by atoms with van der Waals surface area (Å²) in [6.07, 6.45) is 8.13. The van der Waals surface area contributed by atoms with Gasteiger partial charge in [-0.25, -0.2) is 9.97 Å². The molecule has 140 valence electrons. The van der Waals surface area contributed by atoms with Gasteiger partial charge in [0.1, 0.15) is 0 Å². The Morgan fingerprint density at radius 1 is 1.04 bits per heavy atom. The molecule has 0 saturated carbocycles. The van der Waals surface area contributed by atoms with Crippen LogP contribution in [0.25, 0.3) is 22.2 Å². The minimum Gasteiger partial charge on any atom is -0.291 e. The smallest absolute Gasteiger partial charge is 0.159 e. The standard InChI is InChI=1S/C23H23N5/c1-27-16-20(14-25-27)18-8-6-17(7-9-18)15-28-13-3-5-22(28)21-11-10-19-4-2-12-24-23(19)26-21/h2,4,6-12,14,16,22H,3,5,13,15H2,1H3/t22-/m1/s1. The van der Waals surface area contributed by atoms with Crippen molar-refractivity contribution in [3.05, 3.63) is 78.4 Å². The number of fused-ring (bicyclic) bond motifs is 1. The highest BCUT2D eigenvalue weighted by molar-refractivity contribution is 5.74. The molecule has 4 heterocycles. The molecule has 0 radical (unpaired) electrons.